The van der Waals surface area contributed by atoms with E-state index >= 15 is 0 Å². The van der Waals surface area contributed by atoms with Crippen molar-refractivity contribution < 1.29 is 14.2 Å². The molecule has 0 N–H and O–H groups in total. The molecule has 1 aliphatic rings. The Kier molecular flexibility index (Phi) is 2.99. The number of hydrogen-bond donors (Lipinski definition) is 0. The Morgan fingerprint density at radius 2 is 1.89 bits per heavy atom. The van der Waals surface area contributed by atoms with Gasteiger partial charge in [-0.25, -0.2) is 0 Å². The molecule has 0 aliphatic carbocycles. The summed E-state index contributed by atoms with van der Waals surface area (Å²) in [6.45, 7) is 0.215. The van der Waals surface area contributed by atoms with Crippen LogP contribution in [0.25, 0.3) is 0 Å². The van der Waals surface area contributed by atoms with Crippen molar-refractivity contribution in [3.05, 3.63) is 48.0 Å². The van der Waals surface area contributed by atoms with Gasteiger partial charge in [0.15, 0.2) is 11.5 Å². The molecule has 2 aromatic rings. The fraction of sp³-hybridized carbons (Fsp3) is 0.143. The van der Waals surface area contributed by atoms with E-state index in [9.17, 15) is 0 Å². The summed E-state index contributed by atoms with van der Waals surface area (Å²) in [6.07, 6.45) is 0. The van der Waals surface area contributed by atoms with Crippen LogP contribution in [0.2, 0.25) is 0 Å². The van der Waals surface area contributed by atoms with Crippen molar-refractivity contribution in [2.45, 2.75) is 5.88 Å². The third kappa shape index (κ3) is 1.97. The average Bonchev–Trinajstić information content (AvgIpc) is 2.89. The first-order chi connectivity index (χ1) is 8.88. The summed E-state index contributed by atoms with van der Waals surface area (Å²) in [6, 6.07) is 13.3. The smallest absolute Gasteiger partial charge is 0.231 e. The summed E-state index contributed by atoms with van der Waals surface area (Å²) < 4.78 is 16.6. The second-order valence-corrected chi connectivity index (χ2v) is 4.10. The lowest BCUT2D eigenvalue weighted by molar-refractivity contribution is 0.171. The van der Waals surface area contributed by atoms with Crippen LogP contribution in [0.3, 0.4) is 0 Å². The maximum atomic E-state index is 5.92. The van der Waals surface area contributed by atoms with Gasteiger partial charge in [-0.1, -0.05) is 24.3 Å². The predicted octanol–water partition coefficient (Wildman–Crippen LogP) is 3.95. The highest BCUT2D eigenvalue weighted by Crippen LogP contribution is 2.45. The summed E-state index contributed by atoms with van der Waals surface area (Å²) in [5.41, 5.74) is 0.879. The van der Waals surface area contributed by atoms with Gasteiger partial charge in [-0.05, 0) is 18.2 Å². The second kappa shape index (κ2) is 4.78. The number of ether oxygens (including phenoxy) is 3. The lowest BCUT2D eigenvalue weighted by atomic mass is 10.2. The van der Waals surface area contributed by atoms with Gasteiger partial charge in [0.05, 0.1) is 5.88 Å². The number of halogens is 1. The van der Waals surface area contributed by atoms with Crippen molar-refractivity contribution in [3.8, 4) is 23.0 Å². The predicted molar refractivity (Wildman–Crippen MR) is 68.6 cm³/mol. The molecule has 0 aromatic heterocycles. The van der Waals surface area contributed by atoms with Crippen LogP contribution in [0.5, 0.6) is 23.0 Å². The molecule has 0 unspecified atom stereocenters. The maximum absolute atomic E-state index is 5.92. The van der Waals surface area contributed by atoms with Crippen molar-refractivity contribution in [3.63, 3.8) is 0 Å². The molecule has 0 amide bonds. The van der Waals surface area contributed by atoms with Crippen LogP contribution >= 0.6 is 11.6 Å². The first-order valence-corrected chi connectivity index (χ1v) is 6.12. The molecule has 3 nitrogen and oxygen atoms in total. The molecule has 1 aliphatic heterocycles. The van der Waals surface area contributed by atoms with Crippen molar-refractivity contribution in [2.75, 3.05) is 6.79 Å². The third-order valence-corrected chi connectivity index (χ3v) is 2.97. The average molecular weight is 263 g/mol. The van der Waals surface area contributed by atoms with E-state index in [0.29, 0.717) is 23.1 Å². The van der Waals surface area contributed by atoms with E-state index in [1.165, 1.54) is 0 Å². The second-order valence-electron chi connectivity index (χ2n) is 3.84. The fourth-order valence-electron chi connectivity index (χ4n) is 1.81. The molecule has 0 saturated heterocycles. The van der Waals surface area contributed by atoms with E-state index in [1.807, 2.05) is 42.5 Å². The van der Waals surface area contributed by atoms with Crippen LogP contribution < -0.4 is 14.2 Å². The molecule has 1 heterocycles. The molecule has 2 aromatic carbocycles. The first kappa shape index (κ1) is 11.2. The lowest BCUT2D eigenvalue weighted by Gasteiger charge is -2.11. The Bertz CT molecular complexity index is 554. The lowest BCUT2D eigenvalue weighted by Crippen LogP contribution is -1.95. The number of fused-ring (bicyclic) bond motifs is 1. The molecular formula is C14H11ClO3. The molecular weight excluding hydrogens is 252 g/mol. The summed E-state index contributed by atoms with van der Waals surface area (Å²) >= 11 is 5.92. The number of para-hydroxylation sites is 1. The number of hydrogen-bond acceptors (Lipinski definition) is 3. The molecule has 4 heteroatoms. The molecule has 0 fully saturated rings. The topological polar surface area (TPSA) is 27.7 Å². The van der Waals surface area contributed by atoms with Gasteiger partial charge in [-0.2, -0.15) is 0 Å². The zero-order chi connectivity index (χ0) is 12.4. The van der Waals surface area contributed by atoms with Gasteiger partial charge in [0.2, 0.25) is 12.5 Å². The van der Waals surface area contributed by atoms with Gasteiger partial charge in [0.25, 0.3) is 0 Å². The monoisotopic (exact) mass is 262 g/mol. The summed E-state index contributed by atoms with van der Waals surface area (Å²) in [4.78, 5) is 0. The minimum atomic E-state index is 0.215. The minimum Gasteiger partial charge on any atom is -0.453 e. The van der Waals surface area contributed by atoms with Gasteiger partial charge in [-0.3, -0.25) is 0 Å². The molecule has 18 heavy (non-hydrogen) atoms. The van der Waals surface area contributed by atoms with E-state index in [1.54, 1.807) is 0 Å². The highest BCUT2D eigenvalue weighted by atomic mass is 35.5. The maximum Gasteiger partial charge on any atom is 0.231 e. The van der Waals surface area contributed by atoms with Gasteiger partial charge in [-0.15, -0.1) is 11.6 Å². The van der Waals surface area contributed by atoms with Gasteiger partial charge < -0.3 is 14.2 Å². The highest BCUT2D eigenvalue weighted by molar-refractivity contribution is 6.17. The Labute approximate surface area is 110 Å². The molecule has 0 bridgehead atoms. The van der Waals surface area contributed by atoms with Crippen LogP contribution in [0.4, 0.5) is 0 Å². The van der Waals surface area contributed by atoms with Crippen molar-refractivity contribution in [1.29, 1.82) is 0 Å². The van der Waals surface area contributed by atoms with Gasteiger partial charge >= 0.3 is 0 Å². The largest absolute Gasteiger partial charge is 0.453 e. The molecule has 0 atom stereocenters. The van der Waals surface area contributed by atoms with Crippen LogP contribution in [-0.2, 0) is 5.88 Å². The Morgan fingerprint density at radius 3 is 2.67 bits per heavy atom. The highest BCUT2D eigenvalue weighted by Gasteiger charge is 2.22. The summed E-state index contributed by atoms with van der Waals surface area (Å²) in [5.74, 6) is 3.05. The Morgan fingerprint density at radius 1 is 1.06 bits per heavy atom. The molecule has 0 spiro atoms. The van der Waals surface area contributed by atoms with E-state index in [0.717, 1.165) is 11.3 Å². The fourth-order valence-corrected chi connectivity index (χ4v) is 2.02. The van der Waals surface area contributed by atoms with Crippen molar-refractivity contribution >= 4 is 11.6 Å². The number of rotatable bonds is 3. The normalized spacial score (nSPS) is 12.5. The Hall–Kier alpha value is -1.87. The standard InChI is InChI=1S/C14H11ClO3/c15-8-10-6-7-12-14(17-9-16-12)13(10)18-11-4-2-1-3-5-11/h1-7H,8-9H2. The van der Waals surface area contributed by atoms with Gasteiger partial charge in [0, 0.05) is 5.56 Å². The van der Waals surface area contributed by atoms with E-state index < -0.39 is 0 Å². The molecule has 3 rings (SSSR count). The van der Waals surface area contributed by atoms with Crippen LogP contribution in [0.15, 0.2) is 42.5 Å². The van der Waals surface area contributed by atoms with Gasteiger partial charge in [0.1, 0.15) is 5.75 Å². The van der Waals surface area contributed by atoms with Crippen LogP contribution in [0, 0.1) is 0 Å². The molecule has 0 saturated carbocycles. The van der Waals surface area contributed by atoms with Crippen molar-refractivity contribution in [2.24, 2.45) is 0 Å². The van der Waals surface area contributed by atoms with Crippen molar-refractivity contribution in [1.82, 2.24) is 0 Å². The zero-order valence-corrected chi connectivity index (χ0v) is 10.3. The summed E-state index contributed by atoms with van der Waals surface area (Å²) in [7, 11) is 0. The minimum absolute atomic E-state index is 0.215. The van der Waals surface area contributed by atoms with E-state index in [-0.39, 0.29) is 6.79 Å². The number of alkyl halides is 1. The quantitative estimate of drug-likeness (QED) is 0.784. The van der Waals surface area contributed by atoms with Crippen LogP contribution in [-0.4, -0.2) is 6.79 Å². The Balaban J connectivity index is 2.02. The SMILES string of the molecule is ClCc1ccc2c(c1Oc1ccccc1)OCO2. The van der Waals surface area contributed by atoms with Crippen LogP contribution in [0.1, 0.15) is 5.56 Å². The molecule has 0 radical (unpaired) electrons. The zero-order valence-electron chi connectivity index (χ0n) is 9.56. The first-order valence-electron chi connectivity index (χ1n) is 5.59. The van der Waals surface area contributed by atoms with E-state index in [2.05, 4.69) is 0 Å². The number of benzene rings is 2. The third-order valence-electron chi connectivity index (χ3n) is 2.68. The summed E-state index contributed by atoms with van der Waals surface area (Å²) in [5, 5.41) is 0. The van der Waals surface area contributed by atoms with E-state index in [4.69, 9.17) is 25.8 Å². The molecule has 92 valence electrons.